The van der Waals surface area contributed by atoms with E-state index in [2.05, 4.69) is 0 Å². The highest BCUT2D eigenvalue weighted by Crippen LogP contribution is 2.57. The maximum atomic E-state index is 13.2. The average Bonchev–Trinajstić information content (AvgIpc) is 2.41. The van der Waals surface area contributed by atoms with Gasteiger partial charge >= 0.3 is 42.5 Å². The van der Waals surface area contributed by atoms with Crippen molar-refractivity contribution in [3.05, 3.63) is 11.8 Å². The van der Waals surface area contributed by atoms with Crippen LogP contribution in [0, 0.1) is 0 Å². The molecule has 0 aromatic carbocycles. The predicted molar refractivity (Wildman–Crippen MR) is 49.0 cm³/mol. The van der Waals surface area contributed by atoms with Crippen molar-refractivity contribution in [2.45, 2.75) is 42.5 Å². The maximum absolute atomic E-state index is 13.2. The average molecular weight is 483 g/mol. The molecule has 0 radical (unpaired) electrons. The second-order valence-corrected chi connectivity index (χ2v) is 4.66. The van der Waals surface area contributed by atoms with Crippen molar-refractivity contribution in [2.75, 3.05) is 0 Å². The van der Waals surface area contributed by atoms with Gasteiger partial charge in [0.25, 0.3) is 5.83 Å². The van der Waals surface area contributed by atoms with Crippen LogP contribution in [0.1, 0.15) is 0 Å². The Morgan fingerprint density at radius 3 is 0.862 bits per heavy atom. The SMILES string of the molecule is F/C(=C(/F)C(F)(F)F)N(C(F)(F)C(F)(F)C(F)(F)F)C(F)(F)C(F)(F)C(F)(F)F. The van der Waals surface area contributed by atoms with Crippen LogP contribution in [0.2, 0.25) is 0 Å². The Labute approximate surface area is 144 Å². The van der Waals surface area contributed by atoms with Crippen molar-refractivity contribution in [3.63, 3.8) is 0 Å². The molecule has 0 unspecified atom stereocenters. The van der Waals surface area contributed by atoms with Crippen LogP contribution < -0.4 is 0 Å². The molecule has 0 saturated heterocycles. The van der Waals surface area contributed by atoms with Crippen molar-refractivity contribution in [1.82, 2.24) is 4.90 Å². The lowest BCUT2D eigenvalue weighted by Gasteiger charge is -2.43. The number of nitrogens with zero attached hydrogens (tertiary/aromatic N) is 1. The van der Waals surface area contributed by atoms with E-state index >= 15 is 0 Å². The highest BCUT2D eigenvalue weighted by molar-refractivity contribution is 5.13. The number of alkyl halides is 17. The molecule has 0 aromatic rings. The Kier molecular flexibility index (Phi) is 6.45. The zero-order valence-corrected chi connectivity index (χ0v) is 12.1. The summed E-state index contributed by atoms with van der Waals surface area (Å²) >= 11 is 0. The van der Waals surface area contributed by atoms with Gasteiger partial charge in [0.15, 0.2) is 0 Å². The molecule has 29 heavy (non-hydrogen) atoms. The Hall–Kier alpha value is -1.79. The molecule has 0 aliphatic rings. The van der Waals surface area contributed by atoms with Crippen LogP contribution in [0.15, 0.2) is 11.8 Å². The van der Waals surface area contributed by atoms with E-state index in [1.165, 1.54) is 0 Å². The van der Waals surface area contributed by atoms with Gasteiger partial charge < -0.3 is 0 Å². The molecule has 0 saturated carbocycles. The van der Waals surface area contributed by atoms with E-state index in [1.807, 2.05) is 0 Å². The van der Waals surface area contributed by atoms with Crippen LogP contribution >= 0.6 is 0 Å². The molecule has 0 amide bonds. The van der Waals surface area contributed by atoms with Crippen molar-refractivity contribution in [2.24, 2.45) is 0 Å². The van der Waals surface area contributed by atoms with Gasteiger partial charge in [-0.05, 0) is 0 Å². The van der Waals surface area contributed by atoms with E-state index in [1.54, 1.807) is 0 Å². The summed E-state index contributed by atoms with van der Waals surface area (Å²) in [4.78, 5) is -4.57. The third-order valence-electron chi connectivity index (χ3n) is 2.66. The summed E-state index contributed by atoms with van der Waals surface area (Å²) in [6.07, 6.45) is -22.8. The van der Waals surface area contributed by atoms with E-state index in [4.69, 9.17) is 0 Å². The van der Waals surface area contributed by atoms with Gasteiger partial charge in [-0.2, -0.15) is 83.4 Å². The summed E-state index contributed by atoms with van der Waals surface area (Å²) in [6, 6.07) is -16.7. The van der Waals surface area contributed by atoms with E-state index in [0.29, 0.717) is 0 Å². The molecule has 20 heteroatoms. The second kappa shape index (κ2) is 6.88. The van der Waals surface area contributed by atoms with E-state index in [-0.39, 0.29) is 0 Å². The normalized spacial score (nSPS) is 16.7. The molecular weight excluding hydrogens is 483 g/mol. The Morgan fingerprint density at radius 1 is 0.448 bits per heavy atom. The molecule has 0 N–H and O–H groups in total. The summed E-state index contributed by atoms with van der Waals surface area (Å²) in [7, 11) is 0. The first-order valence-electron chi connectivity index (χ1n) is 5.76. The first kappa shape index (κ1) is 27.2. The number of hydrogen-bond donors (Lipinski definition) is 0. The van der Waals surface area contributed by atoms with Crippen molar-refractivity contribution in [1.29, 1.82) is 0 Å². The fourth-order valence-corrected chi connectivity index (χ4v) is 1.26. The van der Waals surface area contributed by atoms with Gasteiger partial charge in [0.05, 0.1) is 0 Å². The van der Waals surface area contributed by atoms with Gasteiger partial charge in [-0.25, -0.2) is 4.90 Å². The minimum absolute atomic E-state index is 4.57. The number of allylic oxidation sites excluding steroid dienone is 1. The monoisotopic (exact) mass is 483 g/mol. The zero-order chi connectivity index (χ0) is 24.2. The van der Waals surface area contributed by atoms with Crippen LogP contribution in [0.4, 0.5) is 83.4 Å². The van der Waals surface area contributed by atoms with Gasteiger partial charge in [-0.1, -0.05) is 0 Å². The van der Waals surface area contributed by atoms with Crippen molar-refractivity contribution < 1.29 is 83.4 Å². The van der Waals surface area contributed by atoms with Gasteiger partial charge in [0.2, 0.25) is 5.95 Å². The van der Waals surface area contributed by atoms with Crippen LogP contribution in [-0.4, -0.2) is 47.4 Å². The molecule has 0 heterocycles. The summed E-state index contributed by atoms with van der Waals surface area (Å²) in [5.74, 6) is -26.8. The molecule has 0 bridgehead atoms. The second-order valence-electron chi connectivity index (χ2n) is 4.66. The fourth-order valence-electron chi connectivity index (χ4n) is 1.26. The number of halogens is 19. The largest absolute Gasteiger partial charge is 0.462 e. The molecule has 0 spiro atoms. The van der Waals surface area contributed by atoms with Gasteiger partial charge in [-0.15, -0.1) is 0 Å². The third-order valence-corrected chi connectivity index (χ3v) is 2.66. The van der Waals surface area contributed by atoms with Crippen molar-refractivity contribution >= 4 is 0 Å². The maximum Gasteiger partial charge on any atom is 0.462 e. The number of rotatable bonds is 5. The van der Waals surface area contributed by atoms with Crippen LogP contribution in [0.25, 0.3) is 0 Å². The van der Waals surface area contributed by atoms with E-state index in [0.717, 1.165) is 0 Å². The first-order valence-corrected chi connectivity index (χ1v) is 5.76. The van der Waals surface area contributed by atoms with E-state index in [9.17, 15) is 83.4 Å². The highest BCUT2D eigenvalue weighted by atomic mass is 19.4. The summed E-state index contributed by atoms with van der Waals surface area (Å²) in [5.41, 5.74) is 0. The molecular formula is C9F19N. The standard InChI is InChI=1S/C9F19N/c10-1(3(12,13)14)2(11)29(8(25,26)4(15,16)6(19,20)21)9(27,28)5(17,18)7(22,23)24/b2-1-. The van der Waals surface area contributed by atoms with Crippen LogP contribution in [-0.2, 0) is 0 Å². The first-order chi connectivity index (χ1) is 12.2. The Morgan fingerprint density at radius 2 is 0.690 bits per heavy atom. The topological polar surface area (TPSA) is 3.24 Å². The van der Waals surface area contributed by atoms with Crippen molar-refractivity contribution in [3.8, 4) is 0 Å². The minimum Gasteiger partial charge on any atom is -0.214 e. The molecule has 174 valence electrons. The lowest BCUT2D eigenvalue weighted by atomic mass is 10.1. The summed E-state index contributed by atoms with van der Waals surface area (Å²) in [5, 5.41) is 0. The van der Waals surface area contributed by atoms with Gasteiger partial charge in [0, 0.05) is 0 Å². The Balaban J connectivity index is 7.28. The smallest absolute Gasteiger partial charge is 0.214 e. The quantitative estimate of drug-likeness (QED) is 0.317. The zero-order valence-electron chi connectivity index (χ0n) is 12.1. The lowest BCUT2D eigenvalue weighted by Crippen LogP contribution is -2.70. The van der Waals surface area contributed by atoms with E-state index < -0.39 is 59.1 Å². The minimum atomic E-state index is -8.35. The highest BCUT2D eigenvalue weighted by Gasteiger charge is 2.85. The predicted octanol–water partition coefficient (Wildman–Crippen LogP) is 6.54. The number of hydrogen-bond acceptors (Lipinski definition) is 1. The molecule has 0 fully saturated rings. The summed E-state index contributed by atoms with van der Waals surface area (Å²) in [6.45, 7) is 0. The van der Waals surface area contributed by atoms with Crippen LogP contribution in [0.3, 0.4) is 0 Å². The fraction of sp³-hybridized carbons (Fsp3) is 0.778. The van der Waals surface area contributed by atoms with Crippen LogP contribution in [0.5, 0.6) is 0 Å². The lowest BCUT2D eigenvalue weighted by molar-refractivity contribution is -0.453. The third kappa shape index (κ3) is 4.24. The van der Waals surface area contributed by atoms with Gasteiger partial charge in [-0.3, -0.25) is 0 Å². The molecule has 0 aromatic heterocycles. The molecule has 0 rings (SSSR count). The summed E-state index contributed by atoms with van der Waals surface area (Å²) < 4.78 is 237. The molecule has 0 aliphatic carbocycles. The molecule has 0 atom stereocenters. The molecule has 1 nitrogen and oxygen atoms in total. The van der Waals surface area contributed by atoms with Gasteiger partial charge in [0.1, 0.15) is 0 Å². The Bertz CT molecular complexity index is 592. The molecule has 0 aliphatic heterocycles.